The van der Waals surface area contributed by atoms with E-state index in [0.29, 0.717) is 24.3 Å². The van der Waals surface area contributed by atoms with Crippen LogP contribution in [0.4, 0.5) is 11.4 Å². The maximum atomic E-state index is 14.2. The minimum atomic E-state index is -4.48. The molecule has 0 aromatic heterocycles. The van der Waals surface area contributed by atoms with Crippen molar-refractivity contribution in [3.8, 4) is 5.75 Å². The van der Waals surface area contributed by atoms with Gasteiger partial charge in [0.15, 0.2) is 0 Å². The van der Waals surface area contributed by atoms with E-state index in [9.17, 15) is 28.1 Å². The summed E-state index contributed by atoms with van der Waals surface area (Å²) >= 11 is 0. The number of sulfonamides is 1. The zero-order chi connectivity index (χ0) is 32.4. The number of nitro groups is 1. The molecule has 0 heterocycles. The fourth-order valence-electron chi connectivity index (χ4n) is 4.67. The number of anilines is 1. The lowest BCUT2D eigenvalue weighted by molar-refractivity contribution is -0.385. The van der Waals surface area contributed by atoms with E-state index in [1.807, 2.05) is 38.1 Å². The van der Waals surface area contributed by atoms with Crippen LogP contribution in [0.3, 0.4) is 0 Å². The molecular formula is C32H40N4O7S. The van der Waals surface area contributed by atoms with Crippen LogP contribution in [0, 0.1) is 24.0 Å². The van der Waals surface area contributed by atoms with Gasteiger partial charge in [0, 0.05) is 24.7 Å². The van der Waals surface area contributed by atoms with Crippen LogP contribution in [0.15, 0.2) is 71.6 Å². The van der Waals surface area contributed by atoms with E-state index in [1.54, 1.807) is 19.1 Å². The largest absolute Gasteiger partial charge is 0.497 e. The number of amides is 2. The van der Waals surface area contributed by atoms with E-state index in [4.69, 9.17) is 4.74 Å². The summed E-state index contributed by atoms with van der Waals surface area (Å²) in [6.45, 7) is 7.13. The van der Waals surface area contributed by atoms with Crippen LogP contribution in [0.1, 0.15) is 49.8 Å². The van der Waals surface area contributed by atoms with Crippen LogP contribution in [-0.2, 0) is 26.2 Å². The van der Waals surface area contributed by atoms with Gasteiger partial charge >= 0.3 is 0 Å². The second-order valence-electron chi connectivity index (χ2n) is 10.5. The minimum Gasteiger partial charge on any atom is -0.497 e. The average molecular weight is 625 g/mol. The molecule has 0 unspecified atom stereocenters. The van der Waals surface area contributed by atoms with Gasteiger partial charge in [-0.2, -0.15) is 0 Å². The zero-order valence-corrected chi connectivity index (χ0v) is 26.6. The first-order valence-corrected chi connectivity index (χ1v) is 15.9. The van der Waals surface area contributed by atoms with Gasteiger partial charge in [0.05, 0.1) is 22.6 Å². The van der Waals surface area contributed by atoms with Gasteiger partial charge < -0.3 is 15.0 Å². The Bertz CT molecular complexity index is 1560. The number of hydrogen-bond acceptors (Lipinski definition) is 7. The Hall–Kier alpha value is -4.45. The standard InChI is InChI=1S/C32H40N4O7S/c1-6-8-19-33-32(38)29(7-2)34(21-25-12-9-23(3)10-13-25)31(37)22-35(26-14-16-27(43-5)17-15-26)44(41,42)28-18-11-24(4)30(20-28)36(39)40/h9-18,20,29H,6-8,19,21-22H2,1-5H3,(H,33,38)/t29-/m1/s1. The lowest BCUT2D eigenvalue weighted by atomic mass is 10.1. The number of nitrogens with zero attached hydrogens (tertiary/aromatic N) is 3. The molecule has 1 atom stereocenters. The third-order valence-corrected chi connectivity index (χ3v) is 9.06. The Morgan fingerprint density at radius 1 is 1.00 bits per heavy atom. The smallest absolute Gasteiger partial charge is 0.273 e. The fraction of sp³-hybridized carbons (Fsp3) is 0.375. The van der Waals surface area contributed by atoms with Crippen molar-refractivity contribution in [2.75, 3.05) is 24.5 Å². The highest BCUT2D eigenvalue weighted by Crippen LogP contribution is 2.29. The van der Waals surface area contributed by atoms with Crippen molar-refractivity contribution in [2.24, 2.45) is 0 Å². The Labute approximate surface area is 259 Å². The van der Waals surface area contributed by atoms with Crippen molar-refractivity contribution in [3.63, 3.8) is 0 Å². The van der Waals surface area contributed by atoms with Crippen LogP contribution in [0.25, 0.3) is 0 Å². The molecule has 0 saturated carbocycles. The molecule has 12 heteroatoms. The average Bonchev–Trinajstić information content (AvgIpc) is 3.00. The number of methoxy groups -OCH3 is 1. The SMILES string of the molecule is CCCCNC(=O)[C@@H](CC)N(Cc1ccc(C)cc1)C(=O)CN(c1ccc(OC)cc1)S(=O)(=O)c1ccc(C)c([N+](=O)[O-])c1. The van der Waals surface area contributed by atoms with Gasteiger partial charge in [0.1, 0.15) is 18.3 Å². The molecule has 0 spiro atoms. The minimum absolute atomic E-state index is 0.0747. The first-order valence-electron chi connectivity index (χ1n) is 14.5. The van der Waals surface area contributed by atoms with Crippen LogP contribution in [0.5, 0.6) is 5.75 Å². The van der Waals surface area contributed by atoms with Gasteiger partial charge in [0.2, 0.25) is 11.8 Å². The molecule has 236 valence electrons. The summed E-state index contributed by atoms with van der Waals surface area (Å²) < 4.78 is 34.3. The maximum Gasteiger partial charge on any atom is 0.273 e. The molecular weight excluding hydrogens is 584 g/mol. The molecule has 44 heavy (non-hydrogen) atoms. The van der Waals surface area contributed by atoms with Crippen molar-refractivity contribution in [2.45, 2.75) is 64.4 Å². The molecule has 2 amide bonds. The number of hydrogen-bond donors (Lipinski definition) is 1. The summed E-state index contributed by atoms with van der Waals surface area (Å²) in [5.41, 5.74) is 1.89. The Balaban J connectivity index is 2.09. The third kappa shape index (κ3) is 8.34. The van der Waals surface area contributed by atoms with Crippen LogP contribution < -0.4 is 14.4 Å². The molecule has 11 nitrogen and oxygen atoms in total. The van der Waals surface area contributed by atoms with E-state index in [0.717, 1.165) is 34.3 Å². The number of ether oxygens (including phenoxy) is 1. The summed E-state index contributed by atoms with van der Waals surface area (Å²) in [4.78, 5) is 39.5. The van der Waals surface area contributed by atoms with Gasteiger partial charge in [-0.05, 0) is 62.6 Å². The van der Waals surface area contributed by atoms with Gasteiger partial charge in [-0.1, -0.05) is 56.2 Å². The Morgan fingerprint density at radius 2 is 1.66 bits per heavy atom. The lowest BCUT2D eigenvalue weighted by Gasteiger charge is -2.33. The quantitative estimate of drug-likeness (QED) is 0.140. The van der Waals surface area contributed by atoms with E-state index in [-0.39, 0.29) is 28.7 Å². The van der Waals surface area contributed by atoms with Gasteiger partial charge in [-0.15, -0.1) is 0 Å². The van der Waals surface area contributed by atoms with E-state index in [2.05, 4.69) is 5.32 Å². The summed E-state index contributed by atoms with van der Waals surface area (Å²) in [7, 11) is -3.01. The number of aryl methyl sites for hydroxylation is 2. The highest BCUT2D eigenvalue weighted by molar-refractivity contribution is 7.92. The normalized spacial score (nSPS) is 11.8. The molecule has 0 bridgehead atoms. The third-order valence-electron chi connectivity index (χ3n) is 7.29. The Morgan fingerprint density at radius 3 is 2.23 bits per heavy atom. The molecule has 0 saturated heterocycles. The lowest BCUT2D eigenvalue weighted by Crippen LogP contribution is -2.52. The fourth-order valence-corrected chi connectivity index (χ4v) is 6.10. The molecule has 0 aliphatic heterocycles. The summed E-state index contributed by atoms with van der Waals surface area (Å²) in [5, 5.41) is 14.5. The number of benzene rings is 3. The number of carbonyl (C=O) groups excluding carboxylic acids is 2. The number of nitro benzene ring substituents is 1. The number of unbranched alkanes of at least 4 members (excludes halogenated alkanes) is 1. The molecule has 3 rings (SSSR count). The predicted octanol–water partition coefficient (Wildman–Crippen LogP) is 5.14. The van der Waals surface area contributed by atoms with Crippen molar-refractivity contribution < 1.29 is 27.7 Å². The van der Waals surface area contributed by atoms with E-state index >= 15 is 0 Å². The van der Waals surface area contributed by atoms with Crippen molar-refractivity contribution >= 4 is 33.2 Å². The van der Waals surface area contributed by atoms with Crippen molar-refractivity contribution in [3.05, 3.63) is 93.5 Å². The van der Waals surface area contributed by atoms with E-state index < -0.39 is 33.4 Å². The molecule has 3 aromatic rings. The van der Waals surface area contributed by atoms with Crippen molar-refractivity contribution in [1.29, 1.82) is 0 Å². The Kier molecular flexibility index (Phi) is 11.9. The van der Waals surface area contributed by atoms with Gasteiger partial charge in [0.25, 0.3) is 15.7 Å². The highest BCUT2D eigenvalue weighted by atomic mass is 32.2. The summed E-state index contributed by atoms with van der Waals surface area (Å²) in [6.07, 6.45) is 1.96. The number of carbonyl (C=O) groups is 2. The van der Waals surface area contributed by atoms with Gasteiger partial charge in [-0.3, -0.25) is 24.0 Å². The molecule has 0 aliphatic rings. The zero-order valence-electron chi connectivity index (χ0n) is 25.8. The first kappa shape index (κ1) is 34.0. The van der Waals surface area contributed by atoms with E-state index in [1.165, 1.54) is 43.2 Å². The monoisotopic (exact) mass is 624 g/mol. The molecule has 1 N–H and O–H groups in total. The predicted molar refractivity (Wildman–Crippen MR) is 169 cm³/mol. The van der Waals surface area contributed by atoms with Gasteiger partial charge in [-0.25, -0.2) is 8.42 Å². The maximum absolute atomic E-state index is 14.2. The summed E-state index contributed by atoms with van der Waals surface area (Å²) in [6, 6.07) is 16.4. The van der Waals surface area contributed by atoms with Crippen LogP contribution in [0.2, 0.25) is 0 Å². The highest BCUT2D eigenvalue weighted by Gasteiger charge is 2.34. The van der Waals surface area contributed by atoms with Crippen molar-refractivity contribution in [1.82, 2.24) is 10.2 Å². The van der Waals surface area contributed by atoms with Crippen LogP contribution in [-0.4, -0.2) is 56.3 Å². The second-order valence-corrected chi connectivity index (χ2v) is 12.4. The first-order chi connectivity index (χ1) is 20.9. The van der Waals surface area contributed by atoms with Crippen LogP contribution >= 0.6 is 0 Å². The molecule has 0 radical (unpaired) electrons. The summed E-state index contributed by atoms with van der Waals surface area (Å²) in [5.74, 6) is -0.460. The molecule has 0 aliphatic carbocycles. The molecule has 0 fully saturated rings. The number of rotatable bonds is 15. The molecule has 3 aromatic carbocycles. The second kappa shape index (κ2) is 15.3. The topological polar surface area (TPSA) is 139 Å². The number of nitrogens with one attached hydrogen (secondary N) is 1.